The standard InChI is InChI=1S/C12H18N2O3S/c15-9-11-5-6-12(13-8-11)18(16,17)14-7-1-2-10-3-4-10/h5-6,8,10,14-15H,1-4,7,9H2. The summed E-state index contributed by atoms with van der Waals surface area (Å²) in [5, 5.41) is 8.86. The first-order valence-electron chi connectivity index (χ1n) is 6.17. The Bertz CT molecular complexity index is 481. The van der Waals surface area contributed by atoms with Gasteiger partial charge >= 0.3 is 0 Å². The van der Waals surface area contributed by atoms with E-state index in [0.717, 1.165) is 18.8 Å². The second-order valence-electron chi connectivity index (χ2n) is 4.65. The second kappa shape index (κ2) is 5.77. The van der Waals surface area contributed by atoms with Crippen LogP contribution in [-0.4, -0.2) is 25.1 Å². The topological polar surface area (TPSA) is 79.3 Å². The first-order valence-corrected chi connectivity index (χ1v) is 7.65. The molecule has 0 aromatic carbocycles. The molecule has 2 rings (SSSR count). The Morgan fingerprint density at radius 1 is 1.39 bits per heavy atom. The van der Waals surface area contributed by atoms with Gasteiger partial charge in [0.05, 0.1) is 6.61 Å². The van der Waals surface area contributed by atoms with Crippen LogP contribution in [0.1, 0.15) is 31.2 Å². The lowest BCUT2D eigenvalue weighted by molar-refractivity contribution is 0.281. The summed E-state index contributed by atoms with van der Waals surface area (Å²) in [6.07, 6.45) is 5.92. The van der Waals surface area contributed by atoms with E-state index in [2.05, 4.69) is 9.71 Å². The summed E-state index contributed by atoms with van der Waals surface area (Å²) in [5.41, 5.74) is 0.600. The third-order valence-corrected chi connectivity index (χ3v) is 4.41. The molecule has 1 aromatic heterocycles. The largest absolute Gasteiger partial charge is 0.392 e. The number of sulfonamides is 1. The predicted molar refractivity (Wildman–Crippen MR) is 67.3 cm³/mol. The highest BCUT2D eigenvalue weighted by Gasteiger charge is 2.21. The van der Waals surface area contributed by atoms with Crippen molar-refractivity contribution in [3.8, 4) is 0 Å². The minimum atomic E-state index is -3.51. The lowest BCUT2D eigenvalue weighted by Gasteiger charge is -2.06. The molecule has 18 heavy (non-hydrogen) atoms. The Hall–Kier alpha value is -0.980. The van der Waals surface area contributed by atoms with E-state index in [0.29, 0.717) is 12.1 Å². The predicted octanol–water partition coefficient (Wildman–Crippen LogP) is 1.04. The van der Waals surface area contributed by atoms with Crippen LogP contribution in [0.25, 0.3) is 0 Å². The number of hydrogen-bond donors (Lipinski definition) is 2. The van der Waals surface area contributed by atoms with Crippen LogP contribution in [0, 0.1) is 5.92 Å². The van der Waals surface area contributed by atoms with E-state index in [4.69, 9.17) is 5.11 Å². The van der Waals surface area contributed by atoms with Crippen LogP contribution < -0.4 is 4.72 Å². The van der Waals surface area contributed by atoms with E-state index in [1.165, 1.54) is 25.1 Å². The SMILES string of the molecule is O=S(=O)(NCCCC1CC1)c1ccc(CO)cn1. The number of aliphatic hydroxyl groups is 1. The molecule has 2 N–H and O–H groups in total. The second-order valence-corrected chi connectivity index (χ2v) is 6.36. The summed E-state index contributed by atoms with van der Waals surface area (Å²) in [4.78, 5) is 3.84. The molecule has 0 atom stereocenters. The molecular formula is C12H18N2O3S. The highest BCUT2D eigenvalue weighted by Crippen LogP contribution is 2.33. The van der Waals surface area contributed by atoms with Crippen LogP contribution in [0.3, 0.4) is 0 Å². The van der Waals surface area contributed by atoms with Gasteiger partial charge in [-0.25, -0.2) is 18.1 Å². The van der Waals surface area contributed by atoms with Gasteiger partial charge in [-0.1, -0.05) is 18.9 Å². The molecule has 0 unspecified atom stereocenters. The summed E-state index contributed by atoms with van der Waals surface area (Å²) in [6, 6.07) is 2.97. The Morgan fingerprint density at radius 3 is 2.72 bits per heavy atom. The first kappa shape index (κ1) is 13.5. The monoisotopic (exact) mass is 270 g/mol. The molecule has 0 bridgehead atoms. The molecule has 0 saturated heterocycles. The molecule has 0 amide bonds. The van der Waals surface area contributed by atoms with E-state index in [1.807, 2.05) is 0 Å². The molecule has 0 aliphatic heterocycles. The summed E-state index contributed by atoms with van der Waals surface area (Å²) in [6.45, 7) is 0.324. The zero-order valence-electron chi connectivity index (χ0n) is 10.2. The summed E-state index contributed by atoms with van der Waals surface area (Å²) < 4.78 is 26.3. The van der Waals surface area contributed by atoms with Gasteiger partial charge in [-0.2, -0.15) is 0 Å². The van der Waals surface area contributed by atoms with Gasteiger partial charge in [0.15, 0.2) is 5.03 Å². The molecule has 1 fully saturated rings. The fraction of sp³-hybridized carbons (Fsp3) is 0.583. The molecule has 1 heterocycles. The molecule has 0 spiro atoms. The Morgan fingerprint density at radius 2 is 2.17 bits per heavy atom. The summed E-state index contributed by atoms with van der Waals surface area (Å²) >= 11 is 0. The van der Waals surface area contributed by atoms with Crippen molar-refractivity contribution in [2.45, 2.75) is 37.3 Å². The van der Waals surface area contributed by atoms with E-state index in [1.54, 1.807) is 6.07 Å². The van der Waals surface area contributed by atoms with Crippen molar-refractivity contribution < 1.29 is 13.5 Å². The normalized spacial score (nSPS) is 15.8. The third-order valence-electron chi connectivity index (χ3n) is 3.03. The average Bonchev–Trinajstić information content (AvgIpc) is 3.19. The van der Waals surface area contributed by atoms with Gasteiger partial charge in [0.1, 0.15) is 0 Å². The van der Waals surface area contributed by atoms with Gasteiger partial charge in [0.25, 0.3) is 10.0 Å². The van der Waals surface area contributed by atoms with Crippen molar-refractivity contribution >= 4 is 10.0 Å². The smallest absolute Gasteiger partial charge is 0.258 e. The van der Waals surface area contributed by atoms with Gasteiger partial charge in [-0.15, -0.1) is 0 Å². The summed E-state index contributed by atoms with van der Waals surface area (Å²) in [7, 11) is -3.51. The molecule has 6 heteroatoms. The highest BCUT2D eigenvalue weighted by atomic mass is 32.2. The highest BCUT2D eigenvalue weighted by molar-refractivity contribution is 7.89. The van der Waals surface area contributed by atoms with Crippen LogP contribution in [-0.2, 0) is 16.6 Å². The lowest BCUT2D eigenvalue weighted by Crippen LogP contribution is -2.25. The van der Waals surface area contributed by atoms with Crippen molar-refractivity contribution in [1.82, 2.24) is 9.71 Å². The summed E-state index contributed by atoms with van der Waals surface area (Å²) in [5.74, 6) is 0.816. The zero-order chi connectivity index (χ0) is 13.0. The molecular weight excluding hydrogens is 252 g/mol. The molecule has 5 nitrogen and oxygen atoms in total. The Balaban J connectivity index is 1.87. The molecule has 0 radical (unpaired) electrons. The van der Waals surface area contributed by atoms with Gasteiger partial charge in [0.2, 0.25) is 0 Å². The van der Waals surface area contributed by atoms with Gasteiger partial charge in [-0.3, -0.25) is 0 Å². The minimum Gasteiger partial charge on any atom is -0.392 e. The average molecular weight is 270 g/mol. The van der Waals surface area contributed by atoms with Crippen LogP contribution in [0.2, 0.25) is 0 Å². The fourth-order valence-corrected chi connectivity index (χ4v) is 2.74. The molecule has 1 aromatic rings. The number of aliphatic hydroxyl groups excluding tert-OH is 1. The third kappa shape index (κ3) is 3.76. The number of pyridine rings is 1. The van der Waals surface area contributed by atoms with E-state index in [9.17, 15) is 8.42 Å². The number of rotatable bonds is 7. The van der Waals surface area contributed by atoms with Crippen molar-refractivity contribution in [3.05, 3.63) is 23.9 Å². The Labute approximate surface area is 107 Å². The molecule has 1 aliphatic rings. The van der Waals surface area contributed by atoms with Gasteiger partial charge in [0, 0.05) is 12.7 Å². The van der Waals surface area contributed by atoms with E-state index < -0.39 is 10.0 Å². The lowest BCUT2D eigenvalue weighted by atomic mass is 10.2. The fourth-order valence-electron chi connectivity index (χ4n) is 1.74. The number of aromatic nitrogens is 1. The van der Waals surface area contributed by atoms with Gasteiger partial charge < -0.3 is 5.11 Å². The molecule has 1 saturated carbocycles. The van der Waals surface area contributed by atoms with E-state index >= 15 is 0 Å². The van der Waals surface area contributed by atoms with Crippen LogP contribution in [0.15, 0.2) is 23.4 Å². The maximum Gasteiger partial charge on any atom is 0.258 e. The van der Waals surface area contributed by atoms with Crippen molar-refractivity contribution in [2.24, 2.45) is 5.92 Å². The van der Waals surface area contributed by atoms with Crippen molar-refractivity contribution in [3.63, 3.8) is 0 Å². The van der Waals surface area contributed by atoms with Crippen LogP contribution >= 0.6 is 0 Å². The van der Waals surface area contributed by atoms with Gasteiger partial charge in [-0.05, 0) is 30.4 Å². The Kier molecular flexibility index (Phi) is 4.31. The van der Waals surface area contributed by atoms with Crippen LogP contribution in [0.4, 0.5) is 0 Å². The van der Waals surface area contributed by atoms with Crippen molar-refractivity contribution in [1.29, 1.82) is 0 Å². The number of nitrogens with one attached hydrogen (secondary N) is 1. The molecule has 1 aliphatic carbocycles. The first-order chi connectivity index (χ1) is 8.62. The van der Waals surface area contributed by atoms with Crippen LogP contribution in [0.5, 0.6) is 0 Å². The van der Waals surface area contributed by atoms with Crippen molar-refractivity contribution in [2.75, 3.05) is 6.54 Å². The number of nitrogens with zero attached hydrogens (tertiary/aromatic N) is 1. The van der Waals surface area contributed by atoms with E-state index in [-0.39, 0.29) is 11.6 Å². The number of hydrogen-bond acceptors (Lipinski definition) is 4. The quantitative estimate of drug-likeness (QED) is 0.726. The molecule has 100 valence electrons. The zero-order valence-corrected chi connectivity index (χ0v) is 11.0. The minimum absolute atomic E-state index is 0.00567. The maximum atomic E-state index is 11.9. The maximum absolute atomic E-state index is 11.9.